The van der Waals surface area contributed by atoms with Crippen molar-refractivity contribution in [3.8, 4) is 11.3 Å². The lowest BCUT2D eigenvalue weighted by Crippen LogP contribution is -2.11. The SMILES string of the molecule is Cc1ccc(C(=O)Nc2ccc(-c3cnc[nH]3)cc2)cc1. The molecule has 0 aliphatic carbocycles. The zero-order valence-corrected chi connectivity index (χ0v) is 11.6. The van der Waals surface area contributed by atoms with Crippen molar-refractivity contribution >= 4 is 11.6 Å². The number of aromatic amines is 1. The van der Waals surface area contributed by atoms with Crippen LogP contribution in [0.25, 0.3) is 11.3 Å². The Balaban J connectivity index is 1.73. The van der Waals surface area contributed by atoms with Crippen LogP contribution >= 0.6 is 0 Å². The lowest BCUT2D eigenvalue weighted by molar-refractivity contribution is 0.102. The Hall–Kier alpha value is -2.88. The van der Waals surface area contributed by atoms with Crippen molar-refractivity contribution in [3.63, 3.8) is 0 Å². The Bertz CT molecular complexity index is 729. The minimum atomic E-state index is -0.107. The molecule has 0 aliphatic heterocycles. The molecule has 1 amide bonds. The van der Waals surface area contributed by atoms with Crippen LogP contribution in [0.4, 0.5) is 5.69 Å². The van der Waals surface area contributed by atoms with Gasteiger partial charge in [-0.05, 0) is 36.8 Å². The number of amides is 1. The highest BCUT2D eigenvalue weighted by Crippen LogP contribution is 2.19. The number of hydrogen-bond donors (Lipinski definition) is 2. The van der Waals surface area contributed by atoms with Crippen LogP contribution in [-0.4, -0.2) is 15.9 Å². The summed E-state index contributed by atoms with van der Waals surface area (Å²) in [4.78, 5) is 19.1. The van der Waals surface area contributed by atoms with Crippen LogP contribution in [0.1, 0.15) is 15.9 Å². The van der Waals surface area contributed by atoms with E-state index in [1.165, 1.54) is 0 Å². The van der Waals surface area contributed by atoms with Gasteiger partial charge < -0.3 is 10.3 Å². The number of benzene rings is 2. The van der Waals surface area contributed by atoms with E-state index in [1.807, 2.05) is 55.5 Å². The summed E-state index contributed by atoms with van der Waals surface area (Å²) in [5.41, 5.74) is 4.53. The van der Waals surface area contributed by atoms with Gasteiger partial charge in [0.15, 0.2) is 0 Å². The minimum absolute atomic E-state index is 0.107. The molecule has 3 aromatic rings. The maximum absolute atomic E-state index is 12.1. The molecule has 4 nitrogen and oxygen atoms in total. The van der Waals surface area contributed by atoms with E-state index in [1.54, 1.807) is 12.5 Å². The highest BCUT2D eigenvalue weighted by Gasteiger charge is 2.06. The molecule has 2 N–H and O–H groups in total. The molecule has 0 spiro atoms. The maximum atomic E-state index is 12.1. The number of rotatable bonds is 3. The number of aromatic nitrogens is 2. The van der Waals surface area contributed by atoms with Gasteiger partial charge in [-0.3, -0.25) is 4.79 Å². The number of H-pyrrole nitrogens is 1. The molecular weight excluding hydrogens is 262 g/mol. The van der Waals surface area contributed by atoms with Gasteiger partial charge in [-0.15, -0.1) is 0 Å². The number of nitrogens with one attached hydrogen (secondary N) is 2. The predicted molar refractivity (Wildman–Crippen MR) is 83.2 cm³/mol. The lowest BCUT2D eigenvalue weighted by atomic mass is 10.1. The Kier molecular flexibility index (Phi) is 3.51. The van der Waals surface area contributed by atoms with Crippen LogP contribution in [0.5, 0.6) is 0 Å². The molecule has 4 heteroatoms. The Morgan fingerprint density at radius 2 is 1.76 bits per heavy atom. The molecule has 0 fully saturated rings. The maximum Gasteiger partial charge on any atom is 0.255 e. The third-order valence-electron chi connectivity index (χ3n) is 3.27. The first-order valence-corrected chi connectivity index (χ1v) is 6.69. The van der Waals surface area contributed by atoms with E-state index in [9.17, 15) is 4.79 Å². The summed E-state index contributed by atoms with van der Waals surface area (Å²) in [5, 5.41) is 2.89. The van der Waals surface area contributed by atoms with E-state index in [0.717, 1.165) is 22.5 Å². The molecule has 1 heterocycles. The summed E-state index contributed by atoms with van der Waals surface area (Å²) in [7, 11) is 0. The molecule has 0 unspecified atom stereocenters. The van der Waals surface area contributed by atoms with Gasteiger partial charge in [-0.25, -0.2) is 4.98 Å². The average Bonchev–Trinajstić information content (AvgIpc) is 3.03. The molecule has 104 valence electrons. The molecule has 3 rings (SSSR count). The quantitative estimate of drug-likeness (QED) is 0.768. The molecule has 0 saturated carbocycles. The van der Waals surface area contributed by atoms with Crippen molar-refractivity contribution in [1.82, 2.24) is 9.97 Å². The number of anilines is 1. The van der Waals surface area contributed by atoms with Gasteiger partial charge >= 0.3 is 0 Å². The standard InChI is InChI=1S/C17H15N3O/c1-12-2-4-14(5-3-12)17(21)20-15-8-6-13(7-9-15)16-10-18-11-19-16/h2-11H,1H3,(H,18,19)(H,20,21). The number of imidazole rings is 1. The minimum Gasteiger partial charge on any atom is -0.345 e. The summed E-state index contributed by atoms with van der Waals surface area (Å²) in [5.74, 6) is -0.107. The van der Waals surface area contributed by atoms with E-state index < -0.39 is 0 Å². The first-order valence-electron chi connectivity index (χ1n) is 6.69. The van der Waals surface area contributed by atoms with Gasteiger partial charge in [0.1, 0.15) is 0 Å². The van der Waals surface area contributed by atoms with E-state index in [4.69, 9.17) is 0 Å². The van der Waals surface area contributed by atoms with E-state index in [2.05, 4.69) is 15.3 Å². The third-order valence-corrected chi connectivity index (χ3v) is 3.27. The van der Waals surface area contributed by atoms with Crippen molar-refractivity contribution in [2.75, 3.05) is 5.32 Å². The summed E-state index contributed by atoms with van der Waals surface area (Å²) in [6, 6.07) is 15.1. The first-order chi connectivity index (χ1) is 10.2. The summed E-state index contributed by atoms with van der Waals surface area (Å²) >= 11 is 0. The Labute approximate surface area is 122 Å². The van der Waals surface area contributed by atoms with Crippen LogP contribution < -0.4 is 5.32 Å². The Morgan fingerprint density at radius 1 is 1.05 bits per heavy atom. The highest BCUT2D eigenvalue weighted by atomic mass is 16.1. The Morgan fingerprint density at radius 3 is 2.38 bits per heavy atom. The van der Waals surface area contributed by atoms with Crippen LogP contribution in [0, 0.1) is 6.92 Å². The average molecular weight is 277 g/mol. The highest BCUT2D eigenvalue weighted by molar-refractivity contribution is 6.04. The second-order valence-corrected chi connectivity index (χ2v) is 4.86. The first kappa shape index (κ1) is 13.1. The van der Waals surface area contributed by atoms with Gasteiger partial charge in [-0.1, -0.05) is 29.8 Å². The normalized spacial score (nSPS) is 10.3. The predicted octanol–water partition coefficient (Wildman–Crippen LogP) is 3.64. The van der Waals surface area contributed by atoms with E-state index >= 15 is 0 Å². The van der Waals surface area contributed by atoms with Gasteiger partial charge in [0.05, 0.1) is 18.2 Å². The van der Waals surface area contributed by atoms with Crippen LogP contribution in [0.3, 0.4) is 0 Å². The van der Waals surface area contributed by atoms with Crippen LogP contribution in [-0.2, 0) is 0 Å². The van der Waals surface area contributed by atoms with Gasteiger partial charge in [0.25, 0.3) is 5.91 Å². The van der Waals surface area contributed by atoms with Crippen LogP contribution in [0.2, 0.25) is 0 Å². The number of nitrogens with zero attached hydrogens (tertiary/aromatic N) is 1. The molecule has 0 atom stereocenters. The molecular formula is C17H15N3O. The number of carbonyl (C=O) groups is 1. The monoisotopic (exact) mass is 277 g/mol. The van der Waals surface area contributed by atoms with Gasteiger partial charge in [0.2, 0.25) is 0 Å². The fourth-order valence-corrected chi connectivity index (χ4v) is 2.06. The summed E-state index contributed by atoms with van der Waals surface area (Å²) in [6.45, 7) is 2.00. The zero-order chi connectivity index (χ0) is 14.7. The smallest absolute Gasteiger partial charge is 0.255 e. The topological polar surface area (TPSA) is 57.8 Å². The fourth-order valence-electron chi connectivity index (χ4n) is 2.06. The second kappa shape index (κ2) is 5.63. The molecule has 0 bridgehead atoms. The molecule has 0 radical (unpaired) electrons. The summed E-state index contributed by atoms with van der Waals surface area (Å²) in [6.07, 6.45) is 3.41. The van der Waals surface area contributed by atoms with E-state index in [-0.39, 0.29) is 5.91 Å². The van der Waals surface area contributed by atoms with Gasteiger partial charge in [0, 0.05) is 11.3 Å². The van der Waals surface area contributed by atoms with Crippen molar-refractivity contribution in [1.29, 1.82) is 0 Å². The molecule has 0 aliphatic rings. The molecule has 21 heavy (non-hydrogen) atoms. The number of hydrogen-bond acceptors (Lipinski definition) is 2. The van der Waals surface area contributed by atoms with Crippen molar-refractivity contribution in [3.05, 3.63) is 72.2 Å². The largest absolute Gasteiger partial charge is 0.345 e. The number of aryl methyl sites for hydroxylation is 1. The zero-order valence-electron chi connectivity index (χ0n) is 11.6. The van der Waals surface area contributed by atoms with Gasteiger partial charge in [-0.2, -0.15) is 0 Å². The lowest BCUT2D eigenvalue weighted by Gasteiger charge is -2.06. The van der Waals surface area contributed by atoms with Crippen molar-refractivity contribution in [2.45, 2.75) is 6.92 Å². The van der Waals surface area contributed by atoms with Crippen molar-refractivity contribution < 1.29 is 4.79 Å². The third kappa shape index (κ3) is 3.00. The second-order valence-electron chi connectivity index (χ2n) is 4.86. The molecule has 1 aromatic heterocycles. The van der Waals surface area contributed by atoms with Crippen molar-refractivity contribution in [2.24, 2.45) is 0 Å². The molecule has 0 saturated heterocycles. The molecule has 2 aromatic carbocycles. The van der Waals surface area contributed by atoms with E-state index in [0.29, 0.717) is 5.56 Å². The summed E-state index contributed by atoms with van der Waals surface area (Å²) < 4.78 is 0. The van der Waals surface area contributed by atoms with Crippen LogP contribution in [0.15, 0.2) is 61.1 Å². The fraction of sp³-hybridized carbons (Fsp3) is 0.0588. The number of carbonyl (C=O) groups excluding carboxylic acids is 1.